The summed E-state index contributed by atoms with van der Waals surface area (Å²) >= 11 is 0. The summed E-state index contributed by atoms with van der Waals surface area (Å²) in [5, 5.41) is 58.9. The largest absolute Gasteiger partial charge is 0.485 e. The summed E-state index contributed by atoms with van der Waals surface area (Å²) in [5.41, 5.74) is 1.25. The molecule has 0 aliphatic rings. The first-order chi connectivity index (χ1) is 23.2. The van der Waals surface area contributed by atoms with Crippen LogP contribution in [0, 0.1) is 0 Å². The molecule has 0 bridgehead atoms. The molecule has 4 unspecified atom stereocenters. The van der Waals surface area contributed by atoms with E-state index in [9.17, 15) is 34.8 Å². The van der Waals surface area contributed by atoms with E-state index in [1.807, 2.05) is 0 Å². The lowest BCUT2D eigenvalue weighted by Gasteiger charge is -2.24. The first kappa shape index (κ1) is 35.6. The Bertz CT molecular complexity index is 1720. The predicted molar refractivity (Wildman–Crippen MR) is 172 cm³/mol. The van der Waals surface area contributed by atoms with Crippen LogP contribution < -0.4 is 14.2 Å². The number of aliphatic hydroxyl groups is 6. The van der Waals surface area contributed by atoms with Crippen LogP contribution in [-0.4, -0.2) is 86.6 Å². The fraction of sp³-hybridized carbons (Fsp3) is 0.194. The van der Waals surface area contributed by atoms with Crippen molar-refractivity contribution in [3.05, 3.63) is 119 Å². The number of aliphatic hydroxyl groups excluding tert-OH is 6. The van der Waals surface area contributed by atoms with Crippen LogP contribution in [0.1, 0.15) is 37.9 Å². The molecule has 0 spiro atoms. The number of aldehydes is 1. The Kier molecular flexibility index (Phi) is 12.7. The molecule has 0 saturated carbocycles. The average Bonchev–Trinajstić information content (AvgIpc) is 3.13. The van der Waals surface area contributed by atoms with Crippen molar-refractivity contribution in [2.75, 3.05) is 19.8 Å². The van der Waals surface area contributed by atoms with Gasteiger partial charge in [0.25, 0.3) is 0 Å². The minimum Gasteiger partial charge on any atom is -0.485 e. The second-order valence-corrected chi connectivity index (χ2v) is 10.4. The highest BCUT2D eigenvalue weighted by Gasteiger charge is 2.25. The standard InChI is InChI=1S/C36H34O12/c37-16-2-3-22-6-11-26(12-7-22)46-32-18-25(10-15-31(32)48-28-5-1-4-24(17-28)35(44)30(42)20-39)36(45)33(21-40)47-27-13-8-23(9-14-27)34(43)29(41)19-38/h1-18,29-30,33,36,38-42,45H,19-21H2. The van der Waals surface area contributed by atoms with Crippen LogP contribution in [0.15, 0.2) is 97.1 Å². The van der Waals surface area contributed by atoms with Crippen molar-refractivity contribution >= 4 is 23.9 Å². The normalized spacial score (nSPS) is 13.7. The van der Waals surface area contributed by atoms with Gasteiger partial charge < -0.3 is 44.8 Å². The van der Waals surface area contributed by atoms with E-state index >= 15 is 0 Å². The van der Waals surface area contributed by atoms with Gasteiger partial charge in [0.1, 0.15) is 41.8 Å². The van der Waals surface area contributed by atoms with Crippen molar-refractivity contribution < 1.29 is 59.2 Å². The van der Waals surface area contributed by atoms with Gasteiger partial charge in [-0.1, -0.05) is 36.4 Å². The van der Waals surface area contributed by atoms with Gasteiger partial charge in [-0.05, 0) is 77.9 Å². The van der Waals surface area contributed by atoms with Crippen LogP contribution in [0.3, 0.4) is 0 Å². The number of benzene rings is 4. The molecule has 0 fully saturated rings. The third-order valence-electron chi connectivity index (χ3n) is 7.04. The minimum absolute atomic E-state index is 0.104. The zero-order chi connectivity index (χ0) is 34.6. The summed E-state index contributed by atoms with van der Waals surface area (Å²) in [7, 11) is 0. The molecule has 4 rings (SSSR count). The maximum Gasteiger partial charge on any atom is 0.193 e. The average molecular weight is 659 g/mol. The van der Waals surface area contributed by atoms with Crippen LogP contribution in [0.5, 0.6) is 28.7 Å². The van der Waals surface area contributed by atoms with E-state index in [1.54, 1.807) is 36.4 Å². The molecule has 0 aliphatic carbocycles. The monoisotopic (exact) mass is 658 g/mol. The number of ketones is 2. The lowest BCUT2D eigenvalue weighted by atomic mass is 10.0. The second-order valence-electron chi connectivity index (χ2n) is 10.4. The Hall–Kier alpha value is -5.21. The van der Waals surface area contributed by atoms with Gasteiger partial charge in [-0.15, -0.1) is 0 Å². The molecule has 12 heteroatoms. The molecule has 48 heavy (non-hydrogen) atoms. The van der Waals surface area contributed by atoms with Crippen LogP contribution in [0.25, 0.3) is 6.08 Å². The van der Waals surface area contributed by atoms with E-state index in [0.29, 0.717) is 12.0 Å². The van der Waals surface area contributed by atoms with Crippen molar-refractivity contribution in [1.82, 2.24) is 0 Å². The lowest BCUT2D eigenvalue weighted by molar-refractivity contribution is -0.104. The number of hydrogen-bond donors (Lipinski definition) is 6. The van der Waals surface area contributed by atoms with Gasteiger partial charge in [0.2, 0.25) is 0 Å². The van der Waals surface area contributed by atoms with Gasteiger partial charge >= 0.3 is 0 Å². The molecule has 0 aliphatic heterocycles. The van der Waals surface area contributed by atoms with Crippen molar-refractivity contribution in [3.8, 4) is 28.7 Å². The Morgan fingerprint density at radius 1 is 0.646 bits per heavy atom. The molecule has 0 saturated heterocycles. The number of allylic oxidation sites excluding steroid dienone is 1. The van der Waals surface area contributed by atoms with E-state index in [1.165, 1.54) is 66.7 Å². The first-order valence-electron chi connectivity index (χ1n) is 14.7. The Morgan fingerprint density at radius 3 is 1.90 bits per heavy atom. The summed E-state index contributed by atoms with van der Waals surface area (Å²) in [4.78, 5) is 35.2. The van der Waals surface area contributed by atoms with Gasteiger partial charge in [-0.25, -0.2) is 0 Å². The Balaban J connectivity index is 1.62. The van der Waals surface area contributed by atoms with E-state index in [4.69, 9.17) is 24.4 Å². The minimum atomic E-state index is -1.59. The third kappa shape index (κ3) is 9.20. The molecule has 250 valence electrons. The molecule has 4 aromatic rings. The van der Waals surface area contributed by atoms with Gasteiger partial charge in [-0.3, -0.25) is 14.4 Å². The summed E-state index contributed by atoms with van der Waals surface area (Å²) in [5.74, 6) is -0.258. The number of carbonyl (C=O) groups is 3. The quantitative estimate of drug-likeness (QED) is 0.0551. The lowest BCUT2D eigenvalue weighted by Crippen LogP contribution is -2.29. The number of Topliss-reactive ketones (excluding diaryl/α,β-unsaturated/α-hetero) is 2. The molecule has 0 radical (unpaired) electrons. The second kappa shape index (κ2) is 17.1. The van der Waals surface area contributed by atoms with Gasteiger partial charge in [-0.2, -0.15) is 0 Å². The number of rotatable bonds is 17. The topological polar surface area (TPSA) is 200 Å². The maximum atomic E-state index is 12.4. The smallest absolute Gasteiger partial charge is 0.193 e. The van der Waals surface area contributed by atoms with Crippen molar-refractivity contribution in [1.29, 1.82) is 0 Å². The van der Waals surface area contributed by atoms with Crippen LogP contribution in [-0.2, 0) is 4.79 Å². The molecule has 4 aromatic carbocycles. The van der Waals surface area contributed by atoms with E-state index in [0.717, 1.165) is 5.56 Å². The Labute approximate surface area is 275 Å². The summed E-state index contributed by atoms with van der Waals surface area (Å²) in [6, 6.07) is 22.8. The van der Waals surface area contributed by atoms with Crippen LogP contribution in [0.4, 0.5) is 0 Å². The van der Waals surface area contributed by atoms with E-state index < -0.39 is 55.8 Å². The highest BCUT2D eigenvalue weighted by Crippen LogP contribution is 2.38. The number of carbonyl (C=O) groups excluding carboxylic acids is 3. The molecule has 0 aromatic heterocycles. The van der Waals surface area contributed by atoms with Crippen molar-refractivity contribution in [2.45, 2.75) is 24.4 Å². The molecule has 4 atom stereocenters. The highest BCUT2D eigenvalue weighted by atomic mass is 16.5. The summed E-state index contributed by atoms with van der Waals surface area (Å²) in [6.45, 7) is -2.07. The van der Waals surface area contributed by atoms with Crippen LogP contribution in [0.2, 0.25) is 0 Å². The summed E-state index contributed by atoms with van der Waals surface area (Å²) < 4.78 is 18.0. The van der Waals surface area contributed by atoms with E-state index in [2.05, 4.69) is 0 Å². The SMILES string of the molecule is O=CC=Cc1ccc(Oc2cc(C(O)C(CO)Oc3ccc(C(=O)C(O)CO)cc3)ccc2Oc2cccc(C(=O)C(O)CO)c2)cc1. The molecule has 6 N–H and O–H groups in total. The van der Waals surface area contributed by atoms with Gasteiger partial charge in [0, 0.05) is 11.1 Å². The molecule has 0 amide bonds. The zero-order valence-electron chi connectivity index (χ0n) is 25.5. The zero-order valence-corrected chi connectivity index (χ0v) is 25.5. The first-order valence-corrected chi connectivity index (χ1v) is 14.7. The van der Waals surface area contributed by atoms with Crippen molar-refractivity contribution in [3.63, 3.8) is 0 Å². The van der Waals surface area contributed by atoms with Gasteiger partial charge in [0.15, 0.2) is 29.2 Å². The molecule has 0 heterocycles. The molecular weight excluding hydrogens is 624 g/mol. The maximum absolute atomic E-state index is 12.4. The van der Waals surface area contributed by atoms with Crippen molar-refractivity contribution in [2.24, 2.45) is 0 Å². The molecular formula is C36H34O12. The fourth-order valence-electron chi connectivity index (χ4n) is 4.48. The molecule has 12 nitrogen and oxygen atoms in total. The van der Waals surface area contributed by atoms with Crippen LogP contribution >= 0.6 is 0 Å². The number of hydrogen-bond acceptors (Lipinski definition) is 12. The highest BCUT2D eigenvalue weighted by molar-refractivity contribution is 6.00. The summed E-state index contributed by atoms with van der Waals surface area (Å²) in [6.07, 6.45) is -2.09. The predicted octanol–water partition coefficient (Wildman–Crippen LogP) is 3.03. The number of ether oxygens (including phenoxy) is 3. The fourth-order valence-corrected chi connectivity index (χ4v) is 4.48. The Morgan fingerprint density at radius 2 is 1.27 bits per heavy atom. The third-order valence-corrected chi connectivity index (χ3v) is 7.04. The van der Waals surface area contributed by atoms with Gasteiger partial charge in [0.05, 0.1) is 19.8 Å². The van der Waals surface area contributed by atoms with E-state index in [-0.39, 0.29) is 39.7 Å².